The fourth-order valence-electron chi connectivity index (χ4n) is 4.57. The van der Waals surface area contributed by atoms with E-state index in [1.54, 1.807) is 41.4 Å². The molecule has 8 nitrogen and oxygen atoms in total. The summed E-state index contributed by atoms with van der Waals surface area (Å²) < 4.78 is 13.6. The first-order chi connectivity index (χ1) is 17.2. The SMILES string of the molecule is O=c1oc2ccccc2c2c1C(c1ccccc1Cl)c1c(ncn3nc(-c4cccnc4)nc13)O2. The van der Waals surface area contributed by atoms with E-state index in [0.717, 1.165) is 5.56 Å². The van der Waals surface area contributed by atoms with Crippen molar-refractivity contribution in [1.82, 2.24) is 24.6 Å². The zero-order chi connectivity index (χ0) is 23.5. The highest BCUT2D eigenvalue weighted by Gasteiger charge is 2.38. The summed E-state index contributed by atoms with van der Waals surface area (Å²) in [7, 11) is 0. The predicted octanol–water partition coefficient (Wildman–Crippen LogP) is 5.23. The zero-order valence-electron chi connectivity index (χ0n) is 17.9. The number of pyridine rings is 1. The van der Waals surface area contributed by atoms with Crippen LogP contribution in [0.4, 0.5) is 0 Å². The Morgan fingerprint density at radius 3 is 2.69 bits per heavy atom. The molecule has 9 heteroatoms. The highest BCUT2D eigenvalue weighted by molar-refractivity contribution is 6.31. The number of halogens is 1. The number of fused-ring (bicyclic) bond motifs is 6. The molecule has 0 radical (unpaired) electrons. The van der Waals surface area contributed by atoms with Gasteiger partial charge in [0.15, 0.2) is 17.2 Å². The van der Waals surface area contributed by atoms with Gasteiger partial charge in [0.25, 0.3) is 0 Å². The average molecular weight is 480 g/mol. The molecule has 5 heterocycles. The van der Waals surface area contributed by atoms with Crippen molar-refractivity contribution >= 4 is 28.2 Å². The summed E-state index contributed by atoms with van der Waals surface area (Å²) in [6.07, 6.45) is 4.92. The van der Waals surface area contributed by atoms with Gasteiger partial charge in [-0.25, -0.2) is 19.3 Å². The first kappa shape index (κ1) is 19.9. The molecule has 0 spiro atoms. The number of hydrogen-bond acceptors (Lipinski definition) is 7. The minimum Gasteiger partial charge on any atom is -0.437 e. The topological polar surface area (TPSA) is 95.4 Å². The molecule has 0 bridgehead atoms. The number of benzene rings is 2. The minimum absolute atomic E-state index is 0.329. The number of para-hydroxylation sites is 1. The molecule has 0 saturated carbocycles. The van der Waals surface area contributed by atoms with Gasteiger partial charge in [0, 0.05) is 23.0 Å². The highest BCUT2D eigenvalue weighted by atomic mass is 35.5. The first-order valence-corrected chi connectivity index (χ1v) is 11.2. The second kappa shape index (κ2) is 7.48. The Morgan fingerprint density at radius 2 is 1.83 bits per heavy atom. The van der Waals surface area contributed by atoms with E-state index in [1.165, 1.54) is 0 Å². The van der Waals surface area contributed by atoms with Gasteiger partial charge in [-0.2, -0.15) is 0 Å². The van der Waals surface area contributed by atoms with Crippen molar-refractivity contribution in [3.05, 3.63) is 112 Å². The third-order valence-electron chi connectivity index (χ3n) is 6.10. The second-order valence-electron chi connectivity index (χ2n) is 8.09. The van der Waals surface area contributed by atoms with Crippen molar-refractivity contribution in [1.29, 1.82) is 0 Å². The molecule has 1 aliphatic rings. The number of hydrogen-bond donors (Lipinski definition) is 0. The lowest BCUT2D eigenvalue weighted by atomic mass is 9.84. The Kier molecular flexibility index (Phi) is 4.24. The van der Waals surface area contributed by atoms with Crippen molar-refractivity contribution in [3.8, 4) is 23.0 Å². The maximum absolute atomic E-state index is 13.4. The van der Waals surface area contributed by atoms with Crippen LogP contribution >= 0.6 is 11.6 Å². The van der Waals surface area contributed by atoms with E-state index in [2.05, 4.69) is 15.1 Å². The van der Waals surface area contributed by atoms with Crippen molar-refractivity contribution < 1.29 is 9.15 Å². The number of nitrogens with zero attached hydrogens (tertiary/aromatic N) is 5. The standard InChI is InChI=1S/C26H14ClN5O3/c27-17-9-3-1-7-15(17)19-20-22(16-8-2-4-10-18(16)34-26(20)33)35-25-21(19)24-30-23(31-32(24)13-29-25)14-6-5-11-28-12-14/h1-13,19H. The molecule has 0 aliphatic carbocycles. The molecular formula is C26H14ClN5O3. The lowest BCUT2D eigenvalue weighted by Crippen LogP contribution is -2.22. The zero-order valence-corrected chi connectivity index (χ0v) is 18.7. The van der Waals surface area contributed by atoms with Crippen LogP contribution in [0.1, 0.15) is 22.6 Å². The molecule has 0 amide bonds. The Balaban J connectivity index is 1.58. The lowest BCUT2D eigenvalue weighted by Gasteiger charge is -2.27. The van der Waals surface area contributed by atoms with Crippen LogP contribution in [0.2, 0.25) is 5.02 Å². The molecular weight excluding hydrogens is 466 g/mol. The predicted molar refractivity (Wildman–Crippen MR) is 129 cm³/mol. The molecule has 35 heavy (non-hydrogen) atoms. The Labute approximate surface area is 202 Å². The van der Waals surface area contributed by atoms with Gasteiger partial charge in [-0.1, -0.05) is 41.9 Å². The summed E-state index contributed by atoms with van der Waals surface area (Å²) in [5, 5.41) is 5.75. The number of rotatable bonds is 2. The summed E-state index contributed by atoms with van der Waals surface area (Å²) >= 11 is 6.67. The Hall–Kier alpha value is -4.56. The molecule has 6 aromatic rings. The maximum Gasteiger partial charge on any atom is 0.344 e. The van der Waals surface area contributed by atoms with Crippen LogP contribution in [0.25, 0.3) is 28.0 Å². The third-order valence-corrected chi connectivity index (χ3v) is 6.44. The summed E-state index contributed by atoms with van der Waals surface area (Å²) in [6.45, 7) is 0. The summed E-state index contributed by atoms with van der Waals surface area (Å²) in [6, 6.07) is 18.3. The number of ether oxygens (including phenoxy) is 1. The van der Waals surface area contributed by atoms with Crippen LogP contribution in [-0.4, -0.2) is 24.6 Å². The van der Waals surface area contributed by atoms with E-state index in [1.807, 2.05) is 42.5 Å². The van der Waals surface area contributed by atoms with E-state index in [4.69, 9.17) is 25.7 Å². The van der Waals surface area contributed by atoms with Crippen molar-refractivity contribution in [3.63, 3.8) is 0 Å². The fourth-order valence-corrected chi connectivity index (χ4v) is 4.81. The molecule has 1 atom stereocenters. The van der Waals surface area contributed by atoms with Crippen molar-refractivity contribution in [2.24, 2.45) is 0 Å². The maximum atomic E-state index is 13.4. The molecule has 1 unspecified atom stereocenters. The summed E-state index contributed by atoms with van der Waals surface area (Å²) in [5.74, 6) is 0.571. The van der Waals surface area contributed by atoms with Crippen LogP contribution in [0.3, 0.4) is 0 Å². The van der Waals surface area contributed by atoms with Gasteiger partial charge in [0.1, 0.15) is 11.9 Å². The summed E-state index contributed by atoms with van der Waals surface area (Å²) in [4.78, 5) is 26.9. The summed E-state index contributed by atoms with van der Waals surface area (Å²) in [5.41, 5.74) is 2.80. The van der Waals surface area contributed by atoms with E-state index in [9.17, 15) is 4.79 Å². The molecule has 168 valence electrons. The van der Waals surface area contributed by atoms with E-state index >= 15 is 0 Å². The molecule has 4 aromatic heterocycles. The van der Waals surface area contributed by atoms with E-state index in [-0.39, 0.29) is 0 Å². The van der Waals surface area contributed by atoms with Crippen molar-refractivity contribution in [2.45, 2.75) is 5.92 Å². The molecule has 1 aliphatic heterocycles. The average Bonchev–Trinajstić information content (AvgIpc) is 3.33. The second-order valence-corrected chi connectivity index (χ2v) is 8.50. The normalized spacial score (nSPS) is 14.5. The third kappa shape index (κ3) is 2.97. The largest absolute Gasteiger partial charge is 0.437 e. The van der Waals surface area contributed by atoms with Gasteiger partial charge in [-0.05, 0) is 35.9 Å². The van der Waals surface area contributed by atoms with Gasteiger partial charge in [-0.3, -0.25) is 4.98 Å². The van der Waals surface area contributed by atoms with Gasteiger partial charge >= 0.3 is 5.63 Å². The highest BCUT2D eigenvalue weighted by Crippen LogP contribution is 2.49. The Bertz CT molecular complexity index is 1830. The number of aromatic nitrogens is 5. The van der Waals surface area contributed by atoms with E-state index in [0.29, 0.717) is 55.8 Å². The fraction of sp³-hybridized carbons (Fsp3) is 0.0385. The van der Waals surface area contributed by atoms with Crippen LogP contribution in [0.5, 0.6) is 11.6 Å². The molecule has 0 fully saturated rings. The molecule has 2 aromatic carbocycles. The monoisotopic (exact) mass is 479 g/mol. The van der Waals surface area contributed by atoms with Crippen molar-refractivity contribution in [2.75, 3.05) is 0 Å². The van der Waals surface area contributed by atoms with Crippen LogP contribution in [0, 0.1) is 0 Å². The van der Waals surface area contributed by atoms with Gasteiger partial charge in [0.2, 0.25) is 5.88 Å². The van der Waals surface area contributed by atoms with Gasteiger partial charge < -0.3 is 9.15 Å². The minimum atomic E-state index is -0.634. The molecule has 0 saturated heterocycles. The smallest absolute Gasteiger partial charge is 0.344 e. The van der Waals surface area contributed by atoms with Gasteiger partial charge in [-0.15, -0.1) is 5.10 Å². The first-order valence-electron chi connectivity index (χ1n) is 10.8. The Morgan fingerprint density at radius 1 is 0.971 bits per heavy atom. The molecule has 7 rings (SSSR count). The van der Waals surface area contributed by atoms with Crippen LogP contribution in [0.15, 0.2) is 88.6 Å². The lowest BCUT2D eigenvalue weighted by molar-refractivity contribution is 0.422. The van der Waals surface area contributed by atoms with Gasteiger partial charge in [0.05, 0.1) is 22.4 Å². The molecule has 0 N–H and O–H groups in total. The van der Waals surface area contributed by atoms with Crippen LogP contribution < -0.4 is 10.4 Å². The van der Waals surface area contributed by atoms with E-state index < -0.39 is 11.5 Å². The quantitative estimate of drug-likeness (QED) is 0.313. The van der Waals surface area contributed by atoms with Crippen LogP contribution in [-0.2, 0) is 0 Å².